The molecule has 0 spiro atoms. The molecule has 0 N–H and O–H groups in total. The molecule has 1 aliphatic rings. The van der Waals surface area contributed by atoms with Crippen LogP contribution < -0.4 is 0 Å². The van der Waals surface area contributed by atoms with Gasteiger partial charge in [-0.2, -0.15) is 0 Å². The molecule has 0 bridgehead atoms. The van der Waals surface area contributed by atoms with Crippen LogP contribution in [0.15, 0.2) is 0 Å². The Morgan fingerprint density at radius 1 is 1.17 bits per heavy atom. The molecule has 12 heavy (non-hydrogen) atoms. The monoisotopic (exact) mass is 187 g/mol. The van der Waals surface area contributed by atoms with Crippen molar-refractivity contribution in [3.05, 3.63) is 0 Å². The van der Waals surface area contributed by atoms with Crippen molar-refractivity contribution < 1.29 is 4.43 Å². The molecule has 0 amide bonds. The quantitative estimate of drug-likeness (QED) is 0.624. The summed E-state index contributed by atoms with van der Waals surface area (Å²) in [7, 11) is -1.26. The first-order chi connectivity index (χ1) is 5.58. The third kappa shape index (κ3) is 4.23. The van der Waals surface area contributed by atoms with Gasteiger partial charge in [0.05, 0.1) is 0 Å². The van der Waals surface area contributed by atoms with Crippen LogP contribution in [0.4, 0.5) is 0 Å². The number of hydrogen-bond acceptors (Lipinski definition) is 2. The Hall–Kier alpha value is 0.137. The minimum Gasteiger partial charge on any atom is -0.416 e. The van der Waals surface area contributed by atoms with Gasteiger partial charge in [0.25, 0.3) is 0 Å². The highest BCUT2D eigenvalue weighted by Crippen LogP contribution is 2.07. The summed E-state index contributed by atoms with van der Waals surface area (Å²) < 4.78 is 5.79. The molecule has 0 aromatic rings. The van der Waals surface area contributed by atoms with Crippen LogP contribution in [0.25, 0.3) is 0 Å². The minimum atomic E-state index is -1.26. The van der Waals surface area contributed by atoms with E-state index < -0.39 is 8.32 Å². The Morgan fingerprint density at radius 2 is 1.75 bits per heavy atom. The van der Waals surface area contributed by atoms with Gasteiger partial charge >= 0.3 is 0 Å². The molecule has 1 heterocycles. The SMILES string of the molecule is C[Si](C)(C)OCCN1CCCC1. The number of hydrogen-bond donors (Lipinski definition) is 0. The Balaban J connectivity index is 2.02. The van der Waals surface area contributed by atoms with Crippen LogP contribution in [0.2, 0.25) is 19.6 Å². The molecule has 0 aliphatic carbocycles. The summed E-state index contributed by atoms with van der Waals surface area (Å²) in [6.07, 6.45) is 2.76. The molecular weight excluding hydrogens is 166 g/mol. The van der Waals surface area contributed by atoms with Crippen LogP contribution in [-0.2, 0) is 4.43 Å². The normalized spacial score (nSPS) is 20.2. The number of nitrogens with zero attached hydrogens (tertiary/aromatic N) is 1. The zero-order valence-electron chi connectivity index (χ0n) is 8.60. The molecular formula is C9H21NOSi. The maximum absolute atomic E-state index is 5.79. The molecule has 1 saturated heterocycles. The molecule has 1 aliphatic heterocycles. The van der Waals surface area contributed by atoms with Crippen molar-refractivity contribution in [3.63, 3.8) is 0 Å². The maximum atomic E-state index is 5.79. The minimum absolute atomic E-state index is 0.940. The molecule has 72 valence electrons. The summed E-state index contributed by atoms with van der Waals surface area (Å²) in [4.78, 5) is 2.50. The third-order valence-electron chi connectivity index (χ3n) is 2.14. The van der Waals surface area contributed by atoms with Crippen molar-refractivity contribution in [3.8, 4) is 0 Å². The van der Waals surface area contributed by atoms with Crippen molar-refractivity contribution in [2.75, 3.05) is 26.2 Å². The summed E-state index contributed by atoms with van der Waals surface area (Å²) in [5.74, 6) is 0. The molecule has 0 saturated carbocycles. The topological polar surface area (TPSA) is 12.5 Å². The first-order valence-electron chi connectivity index (χ1n) is 4.94. The molecule has 0 atom stereocenters. The van der Waals surface area contributed by atoms with E-state index in [1.54, 1.807) is 0 Å². The Labute approximate surface area is 77.0 Å². The first kappa shape index (κ1) is 10.2. The van der Waals surface area contributed by atoms with Gasteiger partial charge < -0.3 is 9.33 Å². The standard InChI is InChI=1S/C9H21NOSi/c1-12(2,3)11-9-8-10-6-4-5-7-10/h4-9H2,1-3H3. The van der Waals surface area contributed by atoms with Crippen LogP contribution in [0, 0.1) is 0 Å². The van der Waals surface area contributed by atoms with E-state index in [9.17, 15) is 0 Å². The Kier molecular flexibility index (Phi) is 3.74. The second-order valence-electron chi connectivity index (χ2n) is 4.51. The molecule has 1 rings (SSSR count). The van der Waals surface area contributed by atoms with E-state index in [-0.39, 0.29) is 0 Å². The average Bonchev–Trinajstić information content (AvgIpc) is 2.36. The van der Waals surface area contributed by atoms with Crippen LogP contribution in [-0.4, -0.2) is 39.5 Å². The number of rotatable bonds is 4. The fourth-order valence-electron chi connectivity index (χ4n) is 1.49. The lowest BCUT2D eigenvalue weighted by Crippen LogP contribution is -2.31. The van der Waals surface area contributed by atoms with E-state index in [0.717, 1.165) is 13.2 Å². The van der Waals surface area contributed by atoms with Crippen LogP contribution >= 0.6 is 0 Å². The van der Waals surface area contributed by atoms with Gasteiger partial charge in [0, 0.05) is 13.2 Å². The van der Waals surface area contributed by atoms with E-state index in [4.69, 9.17) is 4.43 Å². The van der Waals surface area contributed by atoms with Crippen molar-refractivity contribution in [2.24, 2.45) is 0 Å². The molecule has 0 radical (unpaired) electrons. The summed E-state index contributed by atoms with van der Waals surface area (Å²) in [6.45, 7) is 11.4. The van der Waals surface area contributed by atoms with Crippen LogP contribution in [0.3, 0.4) is 0 Å². The van der Waals surface area contributed by atoms with Crippen molar-refractivity contribution >= 4 is 8.32 Å². The average molecular weight is 187 g/mol. The smallest absolute Gasteiger partial charge is 0.183 e. The predicted octanol–water partition coefficient (Wildman–Crippen LogP) is 1.93. The third-order valence-corrected chi connectivity index (χ3v) is 3.21. The van der Waals surface area contributed by atoms with Gasteiger partial charge in [-0.1, -0.05) is 0 Å². The summed E-state index contributed by atoms with van der Waals surface area (Å²) in [6, 6.07) is 0. The molecule has 0 unspecified atom stereocenters. The summed E-state index contributed by atoms with van der Waals surface area (Å²) in [5, 5.41) is 0. The van der Waals surface area contributed by atoms with E-state index >= 15 is 0 Å². The predicted molar refractivity (Wildman–Crippen MR) is 55.0 cm³/mol. The van der Waals surface area contributed by atoms with Gasteiger partial charge in [-0.25, -0.2) is 0 Å². The lowest BCUT2D eigenvalue weighted by Gasteiger charge is -2.20. The van der Waals surface area contributed by atoms with Crippen LogP contribution in [0.5, 0.6) is 0 Å². The second kappa shape index (κ2) is 4.39. The first-order valence-corrected chi connectivity index (χ1v) is 8.35. The van der Waals surface area contributed by atoms with E-state index in [0.29, 0.717) is 0 Å². The van der Waals surface area contributed by atoms with Crippen molar-refractivity contribution in [1.82, 2.24) is 4.90 Å². The maximum Gasteiger partial charge on any atom is 0.183 e. The van der Waals surface area contributed by atoms with E-state index in [1.807, 2.05) is 0 Å². The molecule has 3 heteroatoms. The lowest BCUT2D eigenvalue weighted by molar-refractivity contribution is 0.233. The Bertz CT molecular complexity index is 127. The van der Waals surface area contributed by atoms with Crippen molar-refractivity contribution in [2.45, 2.75) is 32.5 Å². The van der Waals surface area contributed by atoms with Gasteiger partial charge in [0.1, 0.15) is 0 Å². The largest absolute Gasteiger partial charge is 0.416 e. The highest BCUT2D eigenvalue weighted by molar-refractivity contribution is 6.69. The zero-order valence-corrected chi connectivity index (χ0v) is 9.60. The lowest BCUT2D eigenvalue weighted by atomic mass is 10.4. The number of likely N-dealkylation sites (tertiary alicyclic amines) is 1. The van der Waals surface area contributed by atoms with E-state index in [1.165, 1.54) is 25.9 Å². The molecule has 2 nitrogen and oxygen atoms in total. The van der Waals surface area contributed by atoms with Gasteiger partial charge in [0.15, 0.2) is 8.32 Å². The fourth-order valence-corrected chi connectivity index (χ4v) is 2.19. The van der Waals surface area contributed by atoms with Gasteiger partial charge in [-0.05, 0) is 45.6 Å². The van der Waals surface area contributed by atoms with Gasteiger partial charge in [0.2, 0.25) is 0 Å². The van der Waals surface area contributed by atoms with Crippen molar-refractivity contribution in [1.29, 1.82) is 0 Å². The zero-order chi connectivity index (χ0) is 9.03. The molecule has 1 fully saturated rings. The molecule has 0 aromatic heterocycles. The fraction of sp³-hybridized carbons (Fsp3) is 1.00. The highest BCUT2D eigenvalue weighted by Gasteiger charge is 2.15. The van der Waals surface area contributed by atoms with Crippen LogP contribution in [0.1, 0.15) is 12.8 Å². The second-order valence-corrected chi connectivity index (χ2v) is 9.02. The summed E-state index contributed by atoms with van der Waals surface area (Å²) >= 11 is 0. The highest BCUT2D eigenvalue weighted by atomic mass is 28.4. The van der Waals surface area contributed by atoms with Gasteiger partial charge in [-0.15, -0.1) is 0 Å². The molecule has 0 aromatic carbocycles. The summed E-state index contributed by atoms with van der Waals surface area (Å²) in [5.41, 5.74) is 0. The van der Waals surface area contributed by atoms with Gasteiger partial charge in [-0.3, -0.25) is 0 Å². The Morgan fingerprint density at radius 3 is 2.25 bits per heavy atom. The van der Waals surface area contributed by atoms with E-state index in [2.05, 4.69) is 24.5 Å².